The summed E-state index contributed by atoms with van der Waals surface area (Å²) >= 11 is 0. The average Bonchev–Trinajstić information content (AvgIpc) is 2.95. The average molecular weight is 303 g/mol. The van der Waals surface area contributed by atoms with Gasteiger partial charge in [0.15, 0.2) is 0 Å². The zero-order chi connectivity index (χ0) is 15.7. The van der Waals surface area contributed by atoms with Crippen molar-refractivity contribution in [2.24, 2.45) is 0 Å². The van der Waals surface area contributed by atoms with Gasteiger partial charge in [0.05, 0.1) is 19.3 Å². The summed E-state index contributed by atoms with van der Waals surface area (Å²) in [5, 5.41) is 4.18. The smallest absolute Gasteiger partial charge is 0.252 e. The first-order chi connectivity index (χ1) is 10.6. The maximum Gasteiger partial charge on any atom is 0.252 e. The Kier molecular flexibility index (Phi) is 4.06. The molecule has 1 atom stereocenters. The number of amides is 1. The molecule has 22 heavy (non-hydrogen) atoms. The minimum Gasteiger partial charge on any atom is -0.377 e. The molecule has 118 valence electrons. The van der Waals surface area contributed by atoms with Crippen LogP contribution in [0.4, 0.5) is 0 Å². The van der Waals surface area contributed by atoms with E-state index >= 15 is 0 Å². The molecule has 1 fully saturated rings. The summed E-state index contributed by atoms with van der Waals surface area (Å²) in [5.41, 5.74) is 3.00. The SMILES string of the molecule is Cc1nc2ncnn2c(C)c1CCC(=O)N1CCOC[C@@H]1C. The molecule has 0 spiro atoms. The number of aromatic nitrogens is 4. The highest BCUT2D eigenvalue weighted by Crippen LogP contribution is 2.16. The Balaban J connectivity index is 1.74. The van der Waals surface area contributed by atoms with Gasteiger partial charge in [-0.1, -0.05) is 0 Å². The molecular formula is C15H21N5O2. The zero-order valence-electron chi connectivity index (χ0n) is 13.2. The second-order valence-electron chi connectivity index (χ2n) is 5.74. The molecule has 0 aliphatic carbocycles. The molecule has 2 aromatic rings. The lowest BCUT2D eigenvalue weighted by atomic mass is 10.1. The molecule has 7 nitrogen and oxygen atoms in total. The van der Waals surface area contributed by atoms with Gasteiger partial charge in [0.25, 0.3) is 5.78 Å². The third kappa shape index (κ3) is 2.68. The third-order valence-corrected chi connectivity index (χ3v) is 4.27. The molecule has 1 saturated heterocycles. The fourth-order valence-corrected chi connectivity index (χ4v) is 2.99. The number of morpholine rings is 1. The quantitative estimate of drug-likeness (QED) is 0.843. The van der Waals surface area contributed by atoms with Gasteiger partial charge < -0.3 is 9.64 Å². The van der Waals surface area contributed by atoms with Gasteiger partial charge in [-0.05, 0) is 32.8 Å². The number of carbonyl (C=O) groups excluding carboxylic acids is 1. The minimum absolute atomic E-state index is 0.152. The Labute approximate surface area is 129 Å². The van der Waals surface area contributed by atoms with Crippen LogP contribution in [0.25, 0.3) is 5.78 Å². The highest BCUT2D eigenvalue weighted by Gasteiger charge is 2.23. The predicted octanol–water partition coefficient (Wildman–Crippen LogP) is 0.921. The number of nitrogens with zero attached hydrogens (tertiary/aromatic N) is 5. The molecule has 0 saturated carbocycles. The van der Waals surface area contributed by atoms with E-state index in [0.29, 0.717) is 38.4 Å². The summed E-state index contributed by atoms with van der Waals surface area (Å²) in [5.74, 6) is 0.778. The molecule has 1 aliphatic heterocycles. The first kappa shape index (κ1) is 14.9. The van der Waals surface area contributed by atoms with Crippen molar-refractivity contribution in [2.45, 2.75) is 39.7 Å². The number of rotatable bonds is 3. The first-order valence-corrected chi connectivity index (χ1v) is 7.61. The summed E-state index contributed by atoms with van der Waals surface area (Å²) in [7, 11) is 0. The molecule has 0 bridgehead atoms. The van der Waals surface area contributed by atoms with Gasteiger partial charge in [-0.15, -0.1) is 0 Å². The van der Waals surface area contributed by atoms with Gasteiger partial charge in [-0.2, -0.15) is 10.1 Å². The minimum atomic E-state index is 0.152. The Morgan fingerprint density at radius 2 is 2.27 bits per heavy atom. The lowest BCUT2D eigenvalue weighted by Crippen LogP contribution is -2.47. The molecule has 3 rings (SSSR count). The number of ether oxygens (including phenoxy) is 1. The Morgan fingerprint density at radius 1 is 1.45 bits per heavy atom. The fourth-order valence-electron chi connectivity index (χ4n) is 2.99. The van der Waals surface area contributed by atoms with Crippen molar-refractivity contribution < 1.29 is 9.53 Å². The van der Waals surface area contributed by atoms with Gasteiger partial charge in [0, 0.05) is 24.4 Å². The van der Waals surface area contributed by atoms with Crippen LogP contribution in [0, 0.1) is 13.8 Å². The maximum atomic E-state index is 12.4. The number of carbonyl (C=O) groups is 1. The van der Waals surface area contributed by atoms with Crippen LogP contribution in [0.1, 0.15) is 30.3 Å². The topological polar surface area (TPSA) is 72.6 Å². The highest BCUT2D eigenvalue weighted by atomic mass is 16.5. The van der Waals surface area contributed by atoms with Gasteiger partial charge in [0.2, 0.25) is 5.91 Å². The second kappa shape index (κ2) is 6.00. The summed E-state index contributed by atoms with van der Waals surface area (Å²) in [6.45, 7) is 7.90. The van der Waals surface area contributed by atoms with Crippen LogP contribution >= 0.6 is 0 Å². The van der Waals surface area contributed by atoms with E-state index < -0.39 is 0 Å². The summed E-state index contributed by atoms with van der Waals surface area (Å²) < 4.78 is 7.11. The van der Waals surface area contributed by atoms with Crippen molar-refractivity contribution in [1.82, 2.24) is 24.5 Å². The second-order valence-corrected chi connectivity index (χ2v) is 5.74. The van der Waals surface area contributed by atoms with Crippen LogP contribution in [0.2, 0.25) is 0 Å². The predicted molar refractivity (Wildman–Crippen MR) is 80.6 cm³/mol. The number of aryl methyl sites for hydroxylation is 2. The van der Waals surface area contributed by atoms with E-state index in [1.807, 2.05) is 25.7 Å². The van der Waals surface area contributed by atoms with E-state index in [1.165, 1.54) is 6.33 Å². The summed E-state index contributed by atoms with van der Waals surface area (Å²) in [6.07, 6.45) is 2.65. The molecular weight excluding hydrogens is 282 g/mol. The van der Waals surface area contributed by atoms with Crippen molar-refractivity contribution in [2.75, 3.05) is 19.8 Å². The van der Waals surface area contributed by atoms with Gasteiger partial charge in [-0.25, -0.2) is 9.50 Å². The lowest BCUT2D eigenvalue weighted by Gasteiger charge is -2.33. The third-order valence-electron chi connectivity index (χ3n) is 4.27. The summed E-state index contributed by atoms with van der Waals surface area (Å²) in [6, 6.07) is 0.152. The van der Waals surface area contributed by atoms with Crippen LogP contribution < -0.4 is 0 Å². The fraction of sp³-hybridized carbons (Fsp3) is 0.600. The monoisotopic (exact) mass is 303 g/mol. The zero-order valence-corrected chi connectivity index (χ0v) is 13.2. The number of hydrogen-bond donors (Lipinski definition) is 0. The maximum absolute atomic E-state index is 12.4. The highest BCUT2D eigenvalue weighted by molar-refractivity contribution is 5.77. The molecule has 2 aromatic heterocycles. The molecule has 0 unspecified atom stereocenters. The van der Waals surface area contributed by atoms with Crippen LogP contribution in [0.15, 0.2) is 6.33 Å². The number of hydrogen-bond acceptors (Lipinski definition) is 5. The molecule has 0 N–H and O–H groups in total. The van der Waals surface area contributed by atoms with Crippen molar-refractivity contribution in [3.63, 3.8) is 0 Å². The molecule has 7 heteroatoms. The van der Waals surface area contributed by atoms with Crippen LogP contribution in [0.3, 0.4) is 0 Å². The van der Waals surface area contributed by atoms with E-state index in [4.69, 9.17) is 4.74 Å². The standard InChI is InChI=1S/C15H21N5O2/c1-10-8-22-7-6-19(10)14(21)5-4-13-11(2)18-15-16-9-17-20(15)12(13)3/h9-10H,4-8H2,1-3H3/t10-/m0/s1. The van der Waals surface area contributed by atoms with Crippen molar-refractivity contribution >= 4 is 11.7 Å². The Bertz CT molecular complexity index is 697. The van der Waals surface area contributed by atoms with Gasteiger partial charge >= 0.3 is 0 Å². The molecule has 0 radical (unpaired) electrons. The van der Waals surface area contributed by atoms with Gasteiger partial charge in [-0.3, -0.25) is 4.79 Å². The van der Waals surface area contributed by atoms with E-state index in [1.54, 1.807) is 4.52 Å². The van der Waals surface area contributed by atoms with E-state index in [2.05, 4.69) is 15.1 Å². The van der Waals surface area contributed by atoms with E-state index in [-0.39, 0.29) is 11.9 Å². The first-order valence-electron chi connectivity index (χ1n) is 7.61. The molecule has 3 heterocycles. The normalized spacial score (nSPS) is 18.9. The van der Waals surface area contributed by atoms with Crippen LogP contribution in [-0.4, -0.2) is 56.2 Å². The van der Waals surface area contributed by atoms with E-state index in [9.17, 15) is 4.79 Å². The molecule has 1 aliphatic rings. The van der Waals surface area contributed by atoms with Crippen molar-refractivity contribution in [3.05, 3.63) is 23.3 Å². The number of fused-ring (bicyclic) bond motifs is 1. The molecule has 0 aromatic carbocycles. The van der Waals surface area contributed by atoms with Crippen LogP contribution in [-0.2, 0) is 16.0 Å². The molecule has 1 amide bonds. The van der Waals surface area contributed by atoms with Crippen LogP contribution in [0.5, 0.6) is 0 Å². The largest absolute Gasteiger partial charge is 0.377 e. The van der Waals surface area contributed by atoms with E-state index in [0.717, 1.165) is 17.0 Å². The summed E-state index contributed by atoms with van der Waals surface area (Å²) in [4.78, 5) is 22.9. The van der Waals surface area contributed by atoms with Crippen molar-refractivity contribution in [1.29, 1.82) is 0 Å². The Morgan fingerprint density at radius 3 is 3.05 bits per heavy atom. The van der Waals surface area contributed by atoms with Crippen molar-refractivity contribution in [3.8, 4) is 0 Å². The lowest BCUT2D eigenvalue weighted by molar-refractivity contribution is -0.139. The Hall–Kier alpha value is -2.02. The van der Waals surface area contributed by atoms with Gasteiger partial charge in [0.1, 0.15) is 6.33 Å².